The van der Waals surface area contributed by atoms with Crippen LogP contribution in [0.3, 0.4) is 0 Å². The minimum absolute atomic E-state index is 0.204. The molecule has 2 heterocycles. The first kappa shape index (κ1) is 28.9. The Morgan fingerprint density at radius 3 is 2.56 bits per heavy atom. The molecule has 1 aliphatic rings. The number of methoxy groups -OCH3 is 1. The van der Waals surface area contributed by atoms with Crippen LogP contribution in [0.1, 0.15) is 36.6 Å². The second-order valence-corrected chi connectivity index (χ2v) is 11.5. The number of aromatic nitrogens is 1. The summed E-state index contributed by atoms with van der Waals surface area (Å²) in [6.07, 6.45) is 1.78. The van der Waals surface area contributed by atoms with Crippen LogP contribution in [-0.2, 0) is 16.1 Å². The van der Waals surface area contributed by atoms with Gasteiger partial charge >= 0.3 is 5.97 Å². The van der Waals surface area contributed by atoms with E-state index < -0.39 is 12.0 Å². The van der Waals surface area contributed by atoms with Crippen LogP contribution in [0.2, 0.25) is 5.02 Å². The number of carbonyl (C=O) groups is 1. The Labute approximate surface area is 254 Å². The number of hydrogen-bond donors (Lipinski definition) is 0. The zero-order chi connectivity index (χ0) is 29.1. The number of ether oxygens (including phenoxy) is 3. The number of hydrogen-bond acceptors (Lipinski definition) is 7. The third-order valence-corrected chi connectivity index (χ3v) is 8.30. The van der Waals surface area contributed by atoms with Crippen molar-refractivity contribution in [2.24, 2.45) is 4.99 Å². The summed E-state index contributed by atoms with van der Waals surface area (Å²) in [4.78, 5) is 32.0. The normalized spacial score (nSPS) is 14.9. The fourth-order valence-electron chi connectivity index (χ4n) is 4.60. The van der Waals surface area contributed by atoms with Gasteiger partial charge in [0.25, 0.3) is 5.56 Å². The lowest BCUT2D eigenvalue weighted by atomic mass is 9.96. The number of halogens is 2. The number of carbonyl (C=O) groups excluding carboxylic acids is 1. The standard InChI is InChI=1S/C31H26BrClN2O5S/c1-4-39-30(37)26-18(2)34-31-35(27(26)21-10-12-22(33)13-11-21)29(36)25(41-31)16-20-14-23(32)28(24(15-20)38-3)40-17-19-8-6-5-7-9-19/h5-16,27H,4,17H2,1-3H3/b25-16-/t27-/m1/s1. The van der Waals surface area contributed by atoms with Gasteiger partial charge in [-0.1, -0.05) is 65.4 Å². The second kappa shape index (κ2) is 12.5. The van der Waals surface area contributed by atoms with Crippen LogP contribution in [0, 0.1) is 0 Å². The van der Waals surface area contributed by atoms with Gasteiger partial charge in [-0.3, -0.25) is 9.36 Å². The average Bonchev–Trinajstić information content (AvgIpc) is 3.26. The van der Waals surface area contributed by atoms with Crippen molar-refractivity contribution in [1.29, 1.82) is 0 Å². The van der Waals surface area contributed by atoms with Crippen molar-refractivity contribution in [2.75, 3.05) is 13.7 Å². The highest BCUT2D eigenvalue weighted by atomic mass is 79.9. The van der Waals surface area contributed by atoms with Gasteiger partial charge < -0.3 is 14.2 Å². The average molecular weight is 654 g/mol. The molecule has 0 aliphatic carbocycles. The Morgan fingerprint density at radius 2 is 1.88 bits per heavy atom. The van der Waals surface area contributed by atoms with Crippen LogP contribution in [0.5, 0.6) is 11.5 Å². The molecule has 5 rings (SSSR count). The molecule has 0 N–H and O–H groups in total. The highest BCUT2D eigenvalue weighted by Gasteiger charge is 2.33. The zero-order valence-electron chi connectivity index (χ0n) is 22.5. The molecule has 1 aliphatic heterocycles. The molecule has 0 saturated heterocycles. The molecular formula is C31H26BrClN2O5S. The second-order valence-electron chi connectivity index (χ2n) is 9.16. The molecule has 41 heavy (non-hydrogen) atoms. The Hall–Kier alpha value is -3.66. The third-order valence-electron chi connectivity index (χ3n) is 6.48. The number of allylic oxidation sites excluding steroid dienone is 1. The first-order valence-corrected chi connectivity index (χ1v) is 14.8. The summed E-state index contributed by atoms with van der Waals surface area (Å²) in [5.41, 5.74) is 3.03. The maximum Gasteiger partial charge on any atom is 0.338 e. The first-order valence-electron chi connectivity index (χ1n) is 12.8. The van der Waals surface area contributed by atoms with Crippen LogP contribution in [-0.4, -0.2) is 24.3 Å². The summed E-state index contributed by atoms with van der Waals surface area (Å²) in [5.74, 6) is 0.573. The lowest BCUT2D eigenvalue weighted by Crippen LogP contribution is -2.39. The Morgan fingerprint density at radius 1 is 1.15 bits per heavy atom. The fraction of sp³-hybridized carbons (Fsp3) is 0.194. The molecule has 0 spiro atoms. The largest absolute Gasteiger partial charge is 0.493 e. The van der Waals surface area contributed by atoms with E-state index in [9.17, 15) is 9.59 Å². The molecule has 210 valence electrons. The number of nitrogens with zero attached hydrogens (tertiary/aromatic N) is 2. The van der Waals surface area contributed by atoms with Crippen molar-refractivity contribution in [1.82, 2.24) is 4.57 Å². The van der Waals surface area contributed by atoms with Crippen molar-refractivity contribution < 1.29 is 19.0 Å². The van der Waals surface area contributed by atoms with Gasteiger partial charge in [-0.2, -0.15) is 0 Å². The molecule has 1 aromatic heterocycles. The topological polar surface area (TPSA) is 79.1 Å². The number of esters is 1. The predicted octanol–water partition coefficient (Wildman–Crippen LogP) is 5.80. The zero-order valence-corrected chi connectivity index (χ0v) is 25.7. The Balaban J connectivity index is 1.58. The van der Waals surface area contributed by atoms with Crippen molar-refractivity contribution >= 4 is 50.9 Å². The number of benzene rings is 3. The Bertz CT molecular complexity index is 1810. The summed E-state index contributed by atoms with van der Waals surface area (Å²) >= 11 is 11.0. The minimum atomic E-state index is -0.709. The van der Waals surface area contributed by atoms with E-state index in [4.69, 9.17) is 25.8 Å². The SMILES string of the molecule is CCOC(=O)C1=C(C)N=c2s/c(=C\c3cc(Br)c(OCc4ccccc4)c(OC)c3)c(=O)n2[C@@H]1c1ccc(Cl)cc1. The van der Waals surface area contributed by atoms with Gasteiger partial charge in [0.15, 0.2) is 16.3 Å². The van der Waals surface area contributed by atoms with Crippen LogP contribution >= 0.6 is 38.9 Å². The first-order chi connectivity index (χ1) is 19.8. The fourth-order valence-corrected chi connectivity index (χ4v) is 6.34. The number of rotatable bonds is 8. The van der Waals surface area contributed by atoms with Crippen LogP contribution in [0.15, 0.2) is 92.3 Å². The molecule has 0 radical (unpaired) electrons. The van der Waals surface area contributed by atoms with Crippen molar-refractivity contribution in [3.05, 3.63) is 124 Å². The number of thiazole rings is 1. The molecule has 0 fully saturated rings. The van der Waals surface area contributed by atoms with Crippen LogP contribution < -0.4 is 24.4 Å². The van der Waals surface area contributed by atoms with Gasteiger partial charge in [0.1, 0.15) is 6.61 Å². The molecule has 1 atom stereocenters. The quantitative estimate of drug-likeness (QED) is 0.225. The lowest BCUT2D eigenvalue weighted by Gasteiger charge is -2.24. The Kier molecular flexibility index (Phi) is 8.77. The molecule has 0 amide bonds. The summed E-state index contributed by atoms with van der Waals surface area (Å²) in [6.45, 7) is 4.07. The molecule has 7 nitrogen and oxygen atoms in total. The molecule has 0 bridgehead atoms. The van der Waals surface area contributed by atoms with E-state index in [2.05, 4.69) is 20.9 Å². The third kappa shape index (κ3) is 6.02. The van der Waals surface area contributed by atoms with Gasteiger partial charge in [-0.15, -0.1) is 0 Å². The van der Waals surface area contributed by atoms with E-state index in [0.29, 0.717) is 48.2 Å². The van der Waals surface area contributed by atoms with Crippen LogP contribution in [0.4, 0.5) is 0 Å². The molecule has 3 aromatic carbocycles. The van der Waals surface area contributed by atoms with Gasteiger partial charge in [-0.05, 0) is 76.8 Å². The van der Waals surface area contributed by atoms with Gasteiger partial charge in [0, 0.05) is 5.02 Å². The van der Waals surface area contributed by atoms with Crippen molar-refractivity contribution in [3.63, 3.8) is 0 Å². The summed E-state index contributed by atoms with van der Waals surface area (Å²) < 4.78 is 19.7. The summed E-state index contributed by atoms with van der Waals surface area (Å²) in [6, 6.07) is 19.9. The van der Waals surface area contributed by atoms with E-state index in [-0.39, 0.29) is 12.2 Å². The van der Waals surface area contributed by atoms with Gasteiger partial charge in [0.05, 0.1) is 40.0 Å². The monoisotopic (exact) mass is 652 g/mol. The molecule has 0 saturated carbocycles. The van der Waals surface area contributed by atoms with E-state index in [1.54, 1.807) is 55.9 Å². The minimum Gasteiger partial charge on any atom is -0.493 e. The molecule has 4 aromatic rings. The molecule has 10 heteroatoms. The lowest BCUT2D eigenvalue weighted by molar-refractivity contribution is -0.139. The molecule has 0 unspecified atom stereocenters. The predicted molar refractivity (Wildman–Crippen MR) is 163 cm³/mol. The van der Waals surface area contributed by atoms with E-state index in [0.717, 1.165) is 16.7 Å². The number of fused-ring (bicyclic) bond motifs is 1. The summed E-state index contributed by atoms with van der Waals surface area (Å²) in [5, 5.41) is 0.551. The highest BCUT2D eigenvalue weighted by molar-refractivity contribution is 9.10. The van der Waals surface area contributed by atoms with E-state index in [1.807, 2.05) is 42.5 Å². The van der Waals surface area contributed by atoms with E-state index in [1.165, 1.54) is 11.3 Å². The highest BCUT2D eigenvalue weighted by Crippen LogP contribution is 2.37. The van der Waals surface area contributed by atoms with Crippen molar-refractivity contribution in [3.8, 4) is 11.5 Å². The summed E-state index contributed by atoms with van der Waals surface area (Å²) in [7, 11) is 1.57. The maximum atomic E-state index is 13.9. The maximum absolute atomic E-state index is 13.9. The van der Waals surface area contributed by atoms with Gasteiger partial charge in [-0.25, -0.2) is 9.79 Å². The smallest absolute Gasteiger partial charge is 0.338 e. The van der Waals surface area contributed by atoms with Gasteiger partial charge in [0.2, 0.25) is 0 Å². The van der Waals surface area contributed by atoms with Crippen molar-refractivity contribution in [2.45, 2.75) is 26.5 Å². The van der Waals surface area contributed by atoms with Crippen LogP contribution in [0.25, 0.3) is 6.08 Å². The van der Waals surface area contributed by atoms with E-state index >= 15 is 0 Å². The molecular weight excluding hydrogens is 628 g/mol.